The molecule has 0 aliphatic heterocycles. The lowest BCUT2D eigenvalue weighted by Gasteiger charge is -2.21. The van der Waals surface area contributed by atoms with E-state index in [0.717, 1.165) is 18.4 Å². The van der Waals surface area contributed by atoms with Crippen LogP contribution in [-0.2, 0) is 11.2 Å². The van der Waals surface area contributed by atoms with Gasteiger partial charge in [0.25, 0.3) is 0 Å². The maximum Gasteiger partial charge on any atom is 0.155 e. The minimum absolute atomic E-state index is 0.115. The average Bonchev–Trinajstić information content (AvgIpc) is 2.47. The largest absolute Gasteiger partial charge is 0.321 e. The van der Waals surface area contributed by atoms with Crippen LogP contribution in [0, 0.1) is 5.41 Å². The van der Waals surface area contributed by atoms with Gasteiger partial charge in [0.15, 0.2) is 5.78 Å². The number of hydrogen-bond donors (Lipinski definition) is 1. The zero-order valence-corrected chi connectivity index (χ0v) is 13.2. The van der Waals surface area contributed by atoms with Crippen LogP contribution in [0.1, 0.15) is 44.7 Å². The van der Waals surface area contributed by atoms with Crippen molar-refractivity contribution in [3.8, 4) is 0 Å². The number of rotatable bonds is 4. The van der Waals surface area contributed by atoms with E-state index < -0.39 is 6.04 Å². The maximum absolute atomic E-state index is 12.1. The lowest BCUT2D eigenvalue weighted by Crippen LogP contribution is -2.40. The Morgan fingerprint density at radius 1 is 1.19 bits per heavy atom. The smallest absolute Gasteiger partial charge is 0.155 e. The Morgan fingerprint density at radius 3 is 2.38 bits per heavy atom. The van der Waals surface area contributed by atoms with Crippen molar-refractivity contribution < 1.29 is 4.79 Å². The number of allylic oxidation sites excluding steroid dienone is 4. The zero-order valence-electron chi connectivity index (χ0n) is 13.2. The van der Waals surface area contributed by atoms with Crippen LogP contribution in [0.2, 0.25) is 0 Å². The summed E-state index contributed by atoms with van der Waals surface area (Å²) < 4.78 is 0. The summed E-state index contributed by atoms with van der Waals surface area (Å²) in [6.07, 6.45) is 9.49. The van der Waals surface area contributed by atoms with E-state index in [1.807, 2.05) is 20.8 Å². The number of carbonyl (C=O) groups is 1. The lowest BCUT2D eigenvalue weighted by atomic mass is 9.84. The molecule has 1 aromatic carbocycles. The molecular weight excluding hydrogens is 258 g/mol. The second kappa shape index (κ2) is 6.40. The van der Waals surface area contributed by atoms with E-state index in [1.165, 1.54) is 11.1 Å². The van der Waals surface area contributed by atoms with Crippen molar-refractivity contribution in [1.29, 1.82) is 0 Å². The van der Waals surface area contributed by atoms with E-state index in [0.29, 0.717) is 6.42 Å². The Kier molecular flexibility index (Phi) is 4.79. The Hall–Kier alpha value is -1.67. The zero-order chi connectivity index (χ0) is 15.5. The minimum atomic E-state index is -0.426. The van der Waals surface area contributed by atoms with E-state index in [-0.39, 0.29) is 11.2 Å². The molecule has 0 saturated carbocycles. The first-order chi connectivity index (χ1) is 9.88. The number of ketones is 1. The summed E-state index contributed by atoms with van der Waals surface area (Å²) in [5, 5.41) is 0. The molecule has 0 heterocycles. The van der Waals surface area contributed by atoms with Crippen molar-refractivity contribution >= 4 is 11.4 Å². The molecule has 2 N–H and O–H groups in total. The Balaban J connectivity index is 2.04. The number of carbonyl (C=O) groups excluding carboxylic acids is 1. The number of Topliss-reactive ketones (excluding diaryl/α,β-unsaturated/α-hetero) is 1. The highest BCUT2D eigenvalue weighted by atomic mass is 16.1. The summed E-state index contributed by atoms with van der Waals surface area (Å²) in [4.78, 5) is 12.1. The van der Waals surface area contributed by atoms with E-state index in [9.17, 15) is 4.79 Å². The molecule has 0 bridgehead atoms. The molecule has 2 rings (SSSR count). The van der Waals surface area contributed by atoms with Gasteiger partial charge in [-0.25, -0.2) is 0 Å². The summed E-state index contributed by atoms with van der Waals surface area (Å²) >= 11 is 0. The summed E-state index contributed by atoms with van der Waals surface area (Å²) in [5.74, 6) is 0.115. The van der Waals surface area contributed by atoms with Gasteiger partial charge in [-0.1, -0.05) is 63.3 Å². The van der Waals surface area contributed by atoms with Crippen LogP contribution in [0.25, 0.3) is 5.57 Å². The molecule has 1 atom stereocenters. The molecule has 0 radical (unpaired) electrons. The third-order valence-corrected chi connectivity index (χ3v) is 3.81. The number of benzene rings is 1. The summed E-state index contributed by atoms with van der Waals surface area (Å²) in [6, 6.07) is 7.96. The summed E-state index contributed by atoms with van der Waals surface area (Å²) in [6.45, 7) is 5.75. The van der Waals surface area contributed by atoms with Gasteiger partial charge < -0.3 is 5.73 Å². The molecule has 0 amide bonds. The predicted octanol–water partition coefficient (Wildman–Crippen LogP) is 3.91. The Bertz CT molecular complexity index is 558. The Labute approximate surface area is 127 Å². The standard InChI is InChI=1S/C19H25NO/c1-19(2,3)18(21)17(20)13-14-9-11-16(12-10-14)15-7-5-4-6-8-15/h5,7-12,17H,4,6,13,20H2,1-3H3/t17-/m0/s1. The highest BCUT2D eigenvalue weighted by Gasteiger charge is 2.26. The average molecular weight is 283 g/mol. The van der Waals surface area contributed by atoms with Crippen LogP contribution in [-0.4, -0.2) is 11.8 Å². The predicted molar refractivity (Wildman–Crippen MR) is 88.9 cm³/mol. The van der Waals surface area contributed by atoms with E-state index >= 15 is 0 Å². The monoisotopic (exact) mass is 283 g/mol. The Morgan fingerprint density at radius 2 is 1.86 bits per heavy atom. The molecule has 1 aliphatic carbocycles. The van der Waals surface area contributed by atoms with E-state index in [1.54, 1.807) is 0 Å². The third kappa shape index (κ3) is 4.15. The molecular formula is C19H25NO. The van der Waals surface area contributed by atoms with Crippen molar-refractivity contribution in [3.63, 3.8) is 0 Å². The second-order valence-corrected chi connectivity index (χ2v) is 6.76. The van der Waals surface area contributed by atoms with Crippen molar-refractivity contribution in [2.24, 2.45) is 11.1 Å². The van der Waals surface area contributed by atoms with Crippen molar-refractivity contribution in [2.45, 2.75) is 46.1 Å². The number of nitrogens with two attached hydrogens (primary N) is 1. The van der Waals surface area contributed by atoms with Gasteiger partial charge in [-0.15, -0.1) is 0 Å². The molecule has 0 fully saturated rings. The quantitative estimate of drug-likeness (QED) is 0.910. The van der Waals surface area contributed by atoms with Gasteiger partial charge in [-0.05, 0) is 36.0 Å². The van der Waals surface area contributed by atoms with Crippen LogP contribution < -0.4 is 5.73 Å². The molecule has 2 heteroatoms. The maximum atomic E-state index is 12.1. The first-order valence-corrected chi connectivity index (χ1v) is 7.64. The molecule has 0 unspecified atom stereocenters. The topological polar surface area (TPSA) is 43.1 Å². The van der Waals surface area contributed by atoms with Crippen LogP contribution in [0.5, 0.6) is 0 Å². The molecule has 1 aliphatic rings. The second-order valence-electron chi connectivity index (χ2n) is 6.76. The number of hydrogen-bond acceptors (Lipinski definition) is 2. The summed E-state index contributed by atoms with van der Waals surface area (Å²) in [7, 11) is 0. The van der Waals surface area contributed by atoms with E-state index in [2.05, 4.69) is 42.5 Å². The van der Waals surface area contributed by atoms with Crippen molar-refractivity contribution in [2.75, 3.05) is 0 Å². The minimum Gasteiger partial charge on any atom is -0.321 e. The highest BCUT2D eigenvalue weighted by molar-refractivity contribution is 5.88. The molecule has 0 saturated heterocycles. The molecule has 21 heavy (non-hydrogen) atoms. The summed E-state index contributed by atoms with van der Waals surface area (Å²) in [5.41, 5.74) is 9.29. The SMILES string of the molecule is CC(C)(C)C(=O)[C@@H](N)Cc1ccc(C2=CCCC=C2)cc1. The van der Waals surface area contributed by atoms with Crippen molar-refractivity contribution in [1.82, 2.24) is 0 Å². The van der Waals surface area contributed by atoms with Crippen LogP contribution >= 0.6 is 0 Å². The first-order valence-electron chi connectivity index (χ1n) is 7.64. The highest BCUT2D eigenvalue weighted by Crippen LogP contribution is 2.22. The van der Waals surface area contributed by atoms with Gasteiger partial charge in [0.05, 0.1) is 6.04 Å². The van der Waals surface area contributed by atoms with Gasteiger partial charge >= 0.3 is 0 Å². The molecule has 0 spiro atoms. The van der Waals surface area contributed by atoms with Gasteiger partial charge in [0, 0.05) is 5.41 Å². The molecule has 112 valence electrons. The van der Waals surface area contributed by atoms with Gasteiger partial charge in [-0.3, -0.25) is 4.79 Å². The fourth-order valence-corrected chi connectivity index (χ4v) is 2.56. The third-order valence-electron chi connectivity index (χ3n) is 3.81. The van der Waals surface area contributed by atoms with Gasteiger partial charge in [-0.2, -0.15) is 0 Å². The van der Waals surface area contributed by atoms with Crippen LogP contribution in [0.4, 0.5) is 0 Å². The van der Waals surface area contributed by atoms with Gasteiger partial charge in [0.1, 0.15) is 0 Å². The van der Waals surface area contributed by atoms with Crippen molar-refractivity contribution in [3.05, 3.63) is 53.6 Å². The first kappa shape index (κ1) is 15.7. The van der Waals surface area contributed by atoms with Gasteiger partial charge in [0.2, 0.25) is 0 Å². The fourth-order valence-electron chi connectivity index (χ4n) is 2.56. The normalized spacial score (nSPS) is 16.5. The van der Waals surface area contributed by atoms with Crippen LogP contribution in [0.15, 0.2) is 42.5 Å². The van der Waals surface area contributed by atoms with E-state index in [4.69, 9.17) is 5.73 Å². The lowest BCUT2D eigenvalue weighted by molar-refractivity contribution is -0.127. The fraction of sp³-hybridized carbons (Fsp3) is 0.421. The molecule has 1 aromatic rings. The molecule has 2 nitrogen and oxygen atoms in total. The molecule has 0 aromatic heterocycles. The van der Waals surface area contributed by atoms with Crippen LogP contribution in [0.3, 0.4) is 0 Å².